The molecule has 1 aromatic heterocycles. The molecular weight excluding hydrogens is 489 g/mol. The van der Waals surface area contributed by atoms with E-state index in [-0.39, 0.29) is 10.8 Å². The summed E-state index contributed by atoms with van der Waals surface area (Å²) in [6.45, 7) is 9.43. The van der Waals surface area contributed by atoms with E-state index in [9.17, 15) is 0 Å². The van der Waals surface area contributed by atoms with E-state index < -0.39 is 0 Å². The van der Waals surface area contributed by atoms with Crippen LogP contribution in [0.15, 0.2) is 77.9 Å². The zero-order chi connectivity index (χ0) is 20.2. The Morgan fingerprint density at radius 2 is 2.14 bits per heavy atom. The number of hydrogen-bond donors (Lipinski definition) is 0. The van der Waals surface area contributed by atoms with Crippen LogP contribution < -0.4 is 0 Å². The third-order valence-corrected chi connectivity index (χ3v) is 8.69. The highest BCUT2D eigenvalue weighted by molar-refractivity contribution is 14.2. The second kappa shape index (κ2) is 7.16. The minimum atomic E-state index is 0.124. The van der Waals surface area contributed by atoms with Crippen molar-refractivity contribution < 1.29 is 4.18 Å². The predicted octanol–water partition coefficient (Wildman–Crippen LogP) is 7.63. The SMILES string of the molecule is C=C1CC2C3=CC=C(c4cccnc4)C3(C)CCC2C2(C)CC=C(OSI)C=C12. The molecule has 1 aromatic rings. The molecule has 0 spiro atoms. The van der Waals surface area contributed by atoms with Crippen LogP contribution in [0.5, 0.6) is 0 Å². The zero-order valence-corrected chi connectivity index (χ0v) is 19.9. The Hall–Kier alpha value is -1.27. The van der Waals surface area contributed by atoms with Crippen molar-refractivity contribution in [2.75, 3.05) is 0 Å². The molecule has 2 fully saturated rings. The van der Waals surface area contributed by atoms with Gasteiger partial charge in [-0.3, -0.25) is 4.98 Å². The lowest BCUT2D eigenvalue weighted by Gasteiger charge is -2.56. The fraction of sp³-hybridized carbons (Fsp3) is 0.400. The fourth-order valence-corrected chi connectivity index (χ4v) is 7.25. The maximum Gasteiger partial charge on any atom is 0.134 e. The Bertz CT molecular complexity index is 991. The van der Waals surface area contributed by atoms with Gasteiger partial charge < -0.3 is 4.18 Å². The smallest absolute Gasteiger partial charge is 0.134 e. The molecule has 0 amide bonds. The number of rotatable bonds is 3. The molecular formula is C25H26INOS. The van der Waals surface area contributed by atoms with Crippen LogP contribution in [0.3, 0.4) is 0 Å². The zero-order valence-electron chi connectivity index (χ0n) is 17.0. The predicted molar refractivity (Wildman–Crippen MR) is 130 cm³/mol. The average molecular weight is 515 g/mol. The first-order valence-corrected chi connectivity index (χ1v) is 13.6. The van der Waals surface area contributed by atoms with Gasteiger partial charge in [0.05, 0.1) is 0 Å². The molecule has 4 heteroatoms. The van der Waals surface area contributed by atoms with E-state index in [1.54, 1.807) is 5.57 Å². The second-order valence-electron chi connectivity index (χ2n) is 9.27. The summed E-state index contributed by atoms with van der Waals surface area (Å²) in [5, 5.41) is 0. The maximum atomic E-state index is 5.73. The quantitative estimate of drug-likeness (QED) is 0.305. The second-order valence-corrected chi connectivity index (χ2v) is 10.6. The van der Waals surface area contributed by atoms with Gasteiger partial charge in [0.15, 0.2) is 0 Å². The van der Waals surface area contributed by atoms with Crippen LogP contribution in [0.4, 0.5) is 0 Å². The van der Waals surface area contributed by atoms with Gasteiger partial charge in [0.1, 0.15) is 15.0 Å². The minimum absolute atomic E-state index is 0.124. The van der Waals surface area contributed by atoms with Gasteiger partial charge in [-0.2, -0.15) is 0 Å². The number of nitrogens with zero attached hydrogens (tertiary/aromatic N) is 1. The van der Waals surface area contributed by atoms with E-state index in [0.29, 0.717) is 11.8 Å². The molecule has 4 atom stereocenters. The normalized spacial score (nSPS) is 35.5. The Balaban J connectivity index is 1.49. The van der Waals surface area contributed by atoms with Gasteiger partial charge in [-0.15, -0.1) is 0 Å². The summed E-state index contributed by atoms with van der Waals surface area (Å²) in [4.78, 5) is 4.37. The fourth-order valence-electron chi connectivity index (χ4n) is 6.44. The number of hydrogen-bond acceptors (Lipinski definition) is 3. The van der Waals surface area contributed by atoms with E-state index in [0.717, 1.165) is 18.6 Å². The summed E-state index contributed by atoms with van der Waals surface area (Å²) < 4.78 is 5.73. The molecule has 150 valence electrons. The summed E-state index contributed by atoms with van der Waals surface area (Å²) in [7, 11) is 1.39. The molecule has 1 heterocycles. The molecule has 0 N–H and O–H groups in total. The van der Waals surface area contributed by atoms with Crippen LogP contribution in [0.2, 0.25) is 0 Å². The van der Waals surface area contributed by atoms with Crippen LogP contribution >= 0.6 is 30.4 Å². The van der Waals surface area contributed by atoms with Crippen LogP contribution in [0.25, 0.3) is 5.57 Å². The Labute approximate surface area is 190 Å². The van der Waals surface area contributed by atoms with Crippen LogP contribution in [0.1, 0.15) is 45.1 Å². The van der Waals surface area contributed by atoms with Gasteiger partial charge >= 0.3 is 0 Å². The molecule has 0 bridgehead atoms. The summed E-state index contributed by atoms with van der Waals surface area (Å²) in [5.41, 5.74) is 7.31. The highest BCUT2D eigenvalue weighted by Crippen LogP contribution is 2.65. The van der Waals surface area contributed by atoms with Crippen molar-refractivity contribution in [2.45, 2.75) is 39.5 Å². The molecule has 29 heavy (non-hydrogen) atoms. The van der Waals surface area contributed by atoms with Gasteiger partial charge in [-0.25, -0.2) is 0 Å². The lowest BCUT2D eigenvalue weighted by atomic mass is 9.48. The Morgan fingerprint density at radius 1 is 1.28 bits per heavy atom. The Morgan fingerprint density at radius 3 is 2.90 bits per heavy atom. The first-order chi connectivity index (χ1) is 14.0. The third kappa shape index (κ3) is 2.93. The molecule has 0 radical (unpaired) electrons. The topological polar surface area (TPSA) is 22.1 Å². The number of halogens is 1. The van der Waals surface area contributed by atoms with Crippen LogP contribution in [0, 0.1) is 22.7 Å². The number of aromatic nitrogens is 1. The van der Waals surface area contributed by atoms with E-state index >= 15 is 0 Å². The van der Waals surface area contributed by atoms with E-state index in [2.05, 4.69) is 77.0 Å². The van der Waals surface area contributed by atoms with Crippen molar-refractivity contribution in [3.05, 3.63) is 83.5 Å². The number of fused-ring (bicyclic) bond motifs is 5. The molecule has 5 rings (SSSR count). The van der Waals surface area contributed by atoms with E-state index in [1.165, 1.54) is 44.3 Å². The minimum Gasteiger partial charge on any atom is -0.415 e. The largest absolute Gasteiger partial charge is 0.415 e. The molecule has 0 saturated heterocycles. The van der Waals surface area contributed by atoms with Gasteiger partial charge in [0, 0.05) is 39.0 Å². The molecule has 4 unspecified atom stereocenters. The lowest BCUT2D eigenvalue weighted by Crippen LogP contribution is -2.46. The lowest BCUT2D eigenvalue weighted by molar-refractivity contribution is 0.0956. The number of pyridine rings is 1. The van der Waals surface area contributed by atoms with Crippen molar-refractivity contribution >= 4 is 36.0 Å². The molecule has 4 aliphatic carbocycles. The number of allylic oxidation sites excluding steroid dienone is 8. The highest BCUT2D eigenvalue weighted by atomic mass is 127. The molecule has 2 saturated carbocycles. The summed E-state index contributed by atoms with van der Waals surface area (Å²) in [6.07, 6.45) is 17.7. The molecule has 4 aliphatic rings. The molecule has 0 aromatic carbocycles. The van der Waals surface area contributed by atoms with Crippen molar-refractivity contribution in [2.24, 2.45) is 22.7 Å². The van der Waals surface area contributed by atoms with Gasteiger partial charge in [-0.05, 0) is 77.9 Å². The van der Waals surface area contributed by atoms with Crippen LogP contribution in [-0.4, -0.2) is 4.98 Å². The summed E-state index contributed by atoms with van der Waals surface area (Å²) >= 11 is 2.19. The monoisotopic (exact) mass is 515 g/mol. The third-order valence-electron chi connectivity index (χ3n) is 7.90. The summed E-state index contributed by atoms with van der Waals surface area (Å²) in [5.74, 6) is 2.21. The van der Waals surface area contributed by atoms with E-state index in [1.807, 2.05) is 18.5 Å². The van der Waals surface area contributed by atoms with Crippen molar-refractivity contribution in [1.82, 2.24) is 4.98 Å². The van der Waals surface area contributed by atoms with Crippen molar-refractivity contribution in [3.63, 3.8) is 0 Å². The van der Waals surface area contributed by atoms with Crippen molar-refractivity contribution in [3.8, 4) is 0 Å². The standard InChI is InChI=1S/C25H26INOS/c1-16-13-19-21-7-6-20(17-5-4-12-27-15-17)24(21,2)11-9-22(19)25(3)10-8-18(28-29-26)14-23(16)25/h4-8,12,14-15,19,22H,1,9-11,13H2,2-3H3. The average Bonchev–Trinajstić information content (AvgIpc) is 3.07. The van der Waals surface area contributed by atoms with Crippen LogP contribution in [-0.2, 0) is 4.18 Å². The molecule has 2 nitrogen and oxygen atoms in total. The van der Waals surface area contributed by atoms with Gasteiger partial charge in [0.25, 0.3) is 0 Å². The maximum absolute atomic E-state index is 5.73. The van der Waals surface area contributed by atoms with Gasteiger partial charge in [-0.1, -0.05) is 49.8 Å². The summed E-state index contributed by atoms with van der Waals surface area (Å²) in [6, 6.07) is 4.25. The van der Waals surface area contributed by atoms with E-state index in [4.69, 9.17) is 4.18 Å². The van der Waals surface area contributed by atoms with Gasteiger partial charge in [0.2, 0.25) is 0 Å². The highest BCUT2D eigenvalue weighted by Gasteiger charge is 2.55. The Kier molecular flexibility index (Phi) is 4.86. The van der Waals surface area contributed by atoms with Crippen molar-refractivity contribution in [1.29, 1.82) is 0 Å². The first kappa shape index (κ1) is 19.7. The molecule has 0 aliphatic heterocycles. The first-order valence-electron chi connectivity index (χ1n) is 10.4.